The van der Waals surface area contributed by atoms with Crippen LogP contribution in [0.1, 0.15) is 31.3 Å². The van der Waals surface area contributed by atoms with Crippen molar-refractivity contribution in [2.45, 2.75) is 33.3 Å². The van der Waals surface area contributed by atoms with Gasteiger partial charge in [-0.05, 0) is 13.3 Å². The van der Waals surface area contributed by atoms with Crippen molar-refractivity contribution < 1.29 is 9.47 Å². The maximum atomic E-state index is 5.61. The van der Waals surface area contributed by atoms with Crippen molar-refractivity contribution >= 4 is 5.82 Å². The molecule has 0 aliphatic heterocycles. The van der Waals surface area contributed by atoms with E-state index in [1.165, 1.54) is 0 Å². The van der Waals surface area contributed by atoms with E-state index < -0.39 is 0 Å². The molecule has 0 fully saturated rings. The summed E-state index contributed by atoms with van der Waals surface area (Å²) in [6.45, 7) is 6.37. The number of ether oxygens (including phenoxy) is 2. The number of rotatable bonds is 8. The van der Waals surface area contributed by atoms with Gasteiger partial charge in [-0.25, -0.2) is 9.97 Å². The minimum absolute atomic E-state index is 0.378. The number of anilines is 1. The monoisotopic (exact) mass is 239 g/mol. The minimum Gasteiger partial charge on any atom is -0.384 e. The Morgan fingerprint density at radius 3 is 2.65 bits per heavy atom. The Morgan fingerprint density at radius 2 is 1.94 bits per heavy atom. The smallest absolute Gasteiger partial charge is 0.156 e. The van der Waals surface area contributed by atoms with E-state index in [0.717, 1.165) is 25.1 Å². The number of aromatic nitrogens is 2. The predicted octanol–water partition coefficient (Wildman–Crippen LogP) is 1.70. The van der Waals surface area contributed by atoms with Gasteiger partial charge < -0.3 is 15.2 Å². The lowest BCUT2D eigenvalue weighted by molar-refractivity contribution is 0.0374. The molecule has 0 saturated carbocycles. The van der Waals surface area contributed by atoms with Gasteiger partial charge in [0.25, 0.3) is 0 Å². The number of aryl methyl sites for hydroxylation is 1. The third kappa shape index (κ3) is 6.19. The van der Waals surface area contributed by atoms with Crippen LogP contribution >= 0.6 is 0 Å². The second-order valence-electron chi connectivity index (χ2n) is 3.87. The van der Waals surface area contributed by atoms with E-state index >= 15 is 0 Å². The molecule has 0 atom stereocenters. The van der Waals surface area contributed by atoms with E-state index in [-0.39, 0.29) is 0 Å². The summed E-state index contributed by atoms with van der Waals surface area (Å²) in [5.41, 5.74) is 6.47. The summed E-state index contributed by atoms with van der Waals surface area (Å²) in [6.07, 6.45) is 2.24. The molecule has 0 saturated heterocycles. The number of nitrogens with two attached hydrogens (primary N) is 1. The van der Waals surface area contributed by atoms with Crippen molar-refractivity contribution in [1.82, 2.24) is 9.97 Å². The first kappa shape index (κ1) is 13.9. The number of nitrogen functional groups attached to an aromatic ring is 1. The van der Waals surface area contributed by atoms with Crippen LogP contribution in [-0.4, -0.2) is 29.8 Å². The Hall–Kier alpha value is -1.20. The molecule has 1 heterocycles. The summed E-state index contributed by atoms with van der Waals surface area (Å²) in [5, 5.41) is 0. The summed E-state index contributed by atoms with van der Waals surface area (Å²) < 4.78 is 10.8. The molecule has 1 aromatic heterocycles. The number of hydrogen-bond donors (Lipinski definition) is 1. The van der Waals surface area contributed by atoms with Crippen LogP contribution in [0.4, 0.5) is 5.82 Å². The van der Waals surface area contributed by atoms with Crippen LogP contribution in [0.5, 0.6) is 0 Å². The third-order valence-electron chi connectivity index (χ3n) is 2.17. The lowest BCUT2D eigenvalue weighted by Gasteiger charge is -2.05. The second kappa shape index (κ2) is 7.97. The van der Waals surface area contributed by atoms with Gasteiger partial charge in [0.05, 0.1) is 13.2 Å². The van der Waals surface area contributed by atoms with Crippen LogP contribution in [-0.2, 0) is 16.1 Å². The van der Waals surface area contributed by atoms with Crippen LogP contribution in [0, 0.1) is 6.92 Å². The lowest BCUT2D eigenvalue weighted by atomic mass is 10.4. The standard InChI is InChI=1S/C12H21N3O2/c1-3-4-5-16-6-7-17-9-12-14-10(2)8-11(13)15-12/h8H,3-7,9H2,1-2H3,(H2,13,14,15). The van der Waals surface area contributed by atoms with Gasteiger partial charge in [0.15, 0.2) is 5.82 Å². The summed E-state index contributed by atoms with van der Waals surface area (Å²) in [5.74, 6) is 1.10. The highest BCUT2D eigenvalue weighted by Crippen LogP contribution is 2.02. The van der Waals surface area contributed by atoms with Crippen molar-refractivity contribution in [3.63, 3.8) is 0 Å². The minimum atomic E-state index is 0.378. The fourth-order valence-electron chi connectivity index (χ4n) is 1.35. The van der Waals surface area contributed by atoms with Crippen molar-refractivity contribution in [3.05, 3.63) is 17.6 Å². The van der Waals surface area contributed by atoms with Crippen molar-refractivity contribution in [2.75, 3.05) is 25.6 Å². The maximum Gasteiger partial charge on any atom is 0.156 e. The SMILES string of the molecule is CCCCOCCOCc1nc(C)cc(N)n1. The lowest BCUT2D eigenvalue weighted by Crippen LogP contribution is -2.08. The van der Waals surface area contributed by atoms with Gasteiger partial charge in [-0.3, -0.25) is 0 Å². The summed E-state index contributed by atoms with van der Waals surface area (Å²) in [4.78, 5) is 8.31. The van der Waals surface area contributed by atoms with Crippen LogP contribution in [0.25, 0.3) is 0 Å². The summed E-state index contributed by atoms with van der Waals surface area (Å²) >= 11 is 0. The second-order valence-corrected chi connectivity index (χ2v) is 3.87. The Morgan fingerprint density at radius 1 is 1.18 bits per heavy atom. The molecule has 5 nitrogen and oxygen atoms in total. The molecule has 0 spiro atoms. The fraction of sp³-hybridized carbons (Fsp3) is 0.667. The van der Waals surface area contributed by atoms with Gasteiger partial charge in [0.1, 0.15) is 12.4 Å². The highest BCUT2D eigenvalue weighted by molar-refractivity contribution is 5.28. The van der Waals surface area contributed by atoms with Gasteiger partial charge in [0, 0.05) is 18.4 Å². The van der Waals surface area contributed by atoms with Crippen LogP contribution in [0.15, 0.2) is 6.07 Å². The molecule has 0 aliphatic carbocycles. The molecule has 2 N–H and O–H groups in total. The number of nitrogens with zero attached hydrogens (tertiary/aromatic N) is 2. The molecule has 17 heavy (non-hydrogen) atoms. The molecule has 0 radical (unpaired) electrons. The average Bonchev–Trinajstić information content (AvgIpc) is 2.26. The molecule has 0 aromatic carbocycles. The van der Waals surface area contributed by atoms with Crippen LogP contribution in [0.2, 0.25) is 0 Å². The molecule has 0 bridgehead atoms. The summed E-state index contributed by atoms with van der Waals surface area (Å²) in [6, 6.07) is 1.73. The van der Waals surface area contributed by atoms with E-state index in [1.807, 2.05) is 6.92 Å². The molecule has 0 unspecified atom stereocenters. The first-order chi connectivity index (χ1) is 8.22. The maximum absolute atomic E-state index is 5.61. The molecule has 5 heteroatoms. The Bertz CT molecular complexity index is 311. The van der Waals surface area contributed by atoms with Crippen molar-refractivity contribution in [3.8, 4) is 0 Å². The fourth-order valence-corrected chi connectivity index (χ4v) is 1.35. The Balaban J connectivity index is 2.13. The Labute approximate surface area is 102 Å². The third-order valence-corrected chi connectivity index (χ3v) is 2.17. The zero-order valence-electron chi connectivity index (χ0n) is 10.6. The molecule has 1 aromatic rings. The van der Waals surface area contributed by atoms with Gasteiger partial charge in [-0.2, -0.15) is 0 Å². The quantitative estimate of drug-likeness (QED) is 0.699. The van der Waals surface area contributed by atoms with Crippen LogP contribution < -0.4 is 5.73 Å². The number of hydrogen-bond acceptors (Lipinski definition) is 5. The highest BCUT2D eigenvalue weighted by Gasteiger charge is 2.00. The average molecular weight is 239 g/mol. The topological polar surface area (TPSA) is 70.3 Å². The molecule has 1 rings (SSSR count). The van der Waals surface area contributed by atoms with Gasteiger partial charge in [0.2, 0.25) is 0 Å². The first-order valence-electron chi connectivity index (χ1n) is 5.98. The van der Waals surface area contributed by atoms with E-state index in [4.69, 9.17) is 15.2 Å². The Kier molecular flexibility index (Phi) is 6.50. The van der Waals surface area contributed by atoms with Gasteiger partial charge in [-0.15, -0.1) is 0 Å². The van der Waals surface area contributed by atoms with Gasteiger partial charge in [-0.1, -0.05) is 13.3 Å². The zero-order chi connectivity index (χ0) is 12.5. The molecular weight excluding hydrogens is 218 g/mol. The molecule has 0 aliphatic rings. The van der Waals surface area contributed by atoms with Crippen molar-refractivity contribution in [1.29, 1.82) is 0 Å². The van der Waals surface area contributed by atoms with E-state index in [1.54, 1.807) is 6.07 Å². The predicted molar refractivity (Wildman–Crippen MR) is 66.6 cm³/mol. The highest BCUT2D eigenvalue weighted by atomic mass is 16.5. The molecule has 0 amide bonds. The van der Waals surface area contributed by atoms with Crippen molar-refractivity contribution in [2.24, 2.45) is 0 Å². The number of unbranched alkanes of at least 4 members (excludes halogenated alkanes) is 1. The molecular formula is C12H21N3O2. The van der Waals surface area contributed by atoms with E-state index in [0.29, 0.717) is 31.5 Å². The van der Waals surface area contributed by atoms with E-state index in [2.05, 4.69) is 16.9 Å². The van der Waals surface area contributed by atoms with Gasteiger partial charge >= 0.3 is 0 Å². The first-order valence-corrected chi connectivity index (χ1v) is 5.98. The summed E-state index contributed by atoms with van der Waals surface area (Å²) in [7, 11) is 0. The van der Waals surface area contributed by atoms with Crippen LogP contribution in [0.3, 0.4) is 0 Å². The largest absolute Gasteiger partial charge is 0.384 e. The zero-order valence-corrected chi connectivity index (χ0v) is 10.6. The molecule has 96 valence electrons. The normalized spacial score (nSPS) is 10.7. The van der Waals surface area contributed by atoms with E-state index in [9.17, 15) is 0 Å².